The van der Waals surface area contributed by atoms with Crippen molar-refractivity contribution in [2.75, 3.05) is 13.7 Å². The molecule has 0 bridgehead atoms. The van der Waals surface area contributed by atoms with Gasteiger partial charge in [-0.05, 0) is 25.0 Å². The van der Waals surface area contributed by atoms with E-state index in [1.807, 2.05) is 13.8 Å². The third-order valence-corrected chi connectivity index (χ3v) is 3.10. The molecule has 1 rings (SSSR count). The van der Waals surface area contributed by atoms with Crippen LogP contribution in [-0.2, 0) is 0 Å². The average Bonchev–Trinajstić information content (AvgIpc) is 2.44. The molecule has 1 amide bonds. The molecule has 0 aliphatic rings. The van der Waals surface area contributed by atoms with Gasteiger partial charge in [-0.25, -0.2) is 4.98 Å². The van der Waals surface area contributed by atoms with Crippen molar-refractivity contribution in [3.05, 3.63) is 23.9 Å². The lowest BCUT2D eigenvalue weighted by molar-refractivity contribution is 0.0313. The topological polar surface area (TPSA) is 71.5 Å². The van der Waals surface area contributed by atoms with Crippen LogP contribution in [0.25, 0.3) is 0 Å². The minimum absolute atomic E-state index is 0.219. The monoisotopic (exact) mass is 252 g/mol. The molecule has 1 aromatic rings. The smallest absolute Gasteiger partial charge is 0.256 e. The Balaban J connectivity index is 2.71. The number of pyridine rings is 1. The van der Waals surface area contributed by atoms with Crippen LogP contribution in [0.15, 0.2) is 18.3 Å². The zero-order chi connectivity index (χ0) is 13.6. The zero-order valence-electron chi connectivity index (χ0n) is 11.1. The number of carbonyl (C=O) groups excluding carboxylic acids is 1. The van der Waals surface area contributed by atoms with Crippen LogP contribution in [0.4, 0.5) is 0 Å². The van der Waals surface area contributed by atoms with Crippen LogP contribution in [0.5, 0.6) is 5.88 Å². The summed E-state index contributed by atoms with van der Waals surface area (Å²) in [6.45, 7) is 4.00. The maximum Gasteiger partial charge on any atom is 0.256 e. The largest absolute Gasteiger partial charge is 0.480 e. The normalized spacial score (nSPS) is 11.1. The molecule has 0 saturated carbocycles. The fourth-order valence-electron chi connectivity index (χ4n) is 1.57. The minimum atomic E-state index is -0.856. The summed E-state index contributed by atoms with van der Waals surface area (Å²) < 4.78 is 5.02. The SMILES string of the molecule is CCC(O)(CC)CNC(=O)c1cccnc1OC. The number of ether oxygens (including phenoxy) is 1. The van der Waals surface area contributed by atoms with Gasteiger partial charge in [0.05, 0.1) is 12.7 Å². The Bertz CT molecular complexity index is 403. The Morgan fingerprint density at radius 1 is 1.50 bits per heavy atom. The lowest BCUT2D eigenvalue weighted by Gasteiger charge is -2.25. The van der Waals surface area contributed by atoms with Gasteiger partial charge in [0.2, 0.25) is 5.88 Å². The fraction of sp³-hybridized carbons (Fsp3) is 0.538. The van der Waals surface area contributed by atoms with E-state index in [0.29, 0.717) is 18.4 Å². The third-order valence-electron chi connectivity index (χ3n) is 3.10. The number of carbonyl (C=O) groups is 1. The van der Waals surface area contributed by atoms with Gasteiger partial charge < -0.3 is 15.2 Å². The summed E-state index contributed by atoms with van der Waals surface area (Å²) in [4.78, 5) is 15.9. The van der Waals surface area contributed by atoms with Gasteiger partial charge in [-0.3, -0.25) is 4.79 Å². The first kappa shape index (κ1) is 14.4. The second kappa shape index (κ2) is 6.35. The zero-order valence-corrected chi connectivity index (χ0v) is 11.1. The predicted octanol–water partition coefficient (Wildman–Crippen LogP) is 1.37. The van der Waals surface area contributed by atoms with E-state index in [1.54, 1.807) is 18.3 Å². The van der Waals surface area contributed by atoms with Crippen molar-refractivity contribution in [1.29, 1.82) is 0 Å². The molecule has 0 unspecified atom stereocenters. The van der Waals surface area contributed by atoms with Crippen molar-refractivity contribution >= 4 is 5.91 Å². The van der Waals surface area contributed by atoms with Crippen LogP contribution in [0, 0.1) is 0 Å². The lowest BCUT2D eigenvalue weighted by atomic mass is 9.97. The molecule has 0 spiro atoms. The van der Waals surface area contributed by atoms with Crippen molar-refractivity contribution in [3.8, 4) is 5.88 Å². The molecule has 100 valence electrons. The molecule has 1 aromatic heterocycles. The molecule has 5 nitrogen and oxygen atoms in total. The molecule has 2 N–H and O–H groups in total. The summed E-state index contributed by atoms with van der Waals surface area (Å²) in [7, 11) is 1.47. The number of amides is 1. The number of aromatic nitrogens is 1. The molecule has 0 aliphatic carbocycles. The van der Waals surface area contributed by atoms with Crippen molar-refractivity contribution < 1.29 is 14.6 Å². The Hall–Kier alpha value is -1.62. The van der Waals surface area contributed by atoms with E-state index >= 15 is 0 Å². The maximum absolute atomic E-state index is 12.0. The Labute approximate surface area is 107 Å². The number of nitrogens with zero attached hydrogens (tertiary/aromatic N) is 1. The molecule has 0 aliphatic heterocycles. The summed E-state index contributed by atoms with van der Waals surface area (Å²) in [5, 5.41) is 12.8. The predicted molar refractivity (Wildman–Crippen MR) is 68.7 cm³/mol. The Morgan fingerprint density at radius 2 is 2.17 bits per heavy atom. The van der Waals surface area contributed by atoms with Gasteiger partial charge in [-0.15, -0.1) is 0 Å². The summed E-state index contributed by atoms with van der Waals surface area (Å²) in [6, 6.07) is 3.31. The van der Waals surface area contributed by atoms with Crippen LogP contribution < -0.4 is 10.1 Å². The van der Waals surface area contributed by atoms with Crippen LogP contribution in [0.2, 0.25) is 0 Å². The summed E-state index contributed by atoms with van der Waals surface area (Å²) in [5.41, 5.74) is -0.486. The van der Waals surface area contributed by atoms with Crippen molar-refractivity contribution in [2.45, 2.75) is 32.3 Å². The third kappa shape index (κ3) is 3.43. The van der Waals surface area contributed by atoms with Gasteiger partial charge in [0, 0.05) is 12.7 Å². The first-order valence-corrected chi connectivity index (χ1v) is 6.06. The molecule has 0 radical (unpaired) electrons. The molecule has 18 heavy (non-hydrogen) atoms. The minimum Gasteiger partial charge on any atom is -0.480 e. The van der Waals surface area contributed by atoms with E-state index < -0.39 is 5.60 Å². The Morgan fingerprint density at radius 3 is 2.72 bits per heavy atom. The number of aliphatic hydroxyl groups is 1. The van der Waals surface area contributed by atoms with Crippen LogP contribution >= 0.6 is 0 Å². The number of hydrogen-bond acceptors (Lipinski definition) is 4. The fourth-order valence-corrected chi connectivity index (χ4v) is 1.57. The van der Waals surface area contributed by atoms with E-state index in [4.69, 9.17) is 4.74 Å². The van der Waals surface area contributed by atoms with Crippen molar-refractivity contribution in [3.63, 3.8) is 0 Å². The second-order valence-electron chi connectivity index (χ2n) is 4.17. The number of methoxy groups -OCH3 is 1. The molecule has 5 heteroatoms. The van der Waals surface area contributed by atoms with Gasteiger partial charge >= 0.3 is 0 Å². The van der Waals surface area contributed by atoms with E-state index in [1.165, 1.54) is 7.11 Å². The first-order valence-electron chi connectivity index (χ1n) is 6.06. The average molecular weight is 252 g/mol. The van der Waals surface area contributed by atoms with Gasteiger partial charge in [-0.2, -0.15) is 0 Å². The van der Waals surface area contributed by atoms with E-state index in [2.05, 4.69) is 10.3 Å². The highest BCUT2D eigenvalue weighted by Gasteiger charge is 2.23. The van der Waals surface area contributed by atoms with Gasteiger partial charge in [0.1, 0.15) is 5.56 Å². The van der Waals surface area contributed by atoms with Gasteiger partial charge in [0.15, 0.2) is 0 Å². The van der Waals surface area contributed by atoms with E-state index in [0.717, 1.165) is 0 Å². The Kier molecular flexibility index (Phi) is 5.09. The second-order valence-corrected chi connectivity index (χ2v) is 4.17. The van der Waals surface area contributed by atoms with Crippen molar-refractivity contribution in [1.82, 2.24) is 10.3 Å². The summed E-state index contributed by atoms with van der Waals surface area (Å²) in [5.74, 6) is -0.00758. The van der Waals surface area contributed by atoms with Gasteiger partial charge in [0.25, 0.3) is 5.91 Å². The molecular formula is C13H20N2O3. The maximum atomic E-state index is 12.0. The molecule has 0 fully saturated rings. The molecular weight excluding hydrogens is 232 g/mol. The summed E-state index contributed by atoms with van der Waals surface area (Å²) in [6.07, 6.45) is 2.74. The highest BCUT2D eigenvalue weighted by atomic mass is 16.5. The van der Waals surface area contributed by atoms with E-state index in [9.17, 15) is 9.90 Å². The van der Waals surface area contributed by atoms with Crippen molar-refractivity contribution in [2.24, 2.45) is 0 Å². The molecule has 0 saturated heterocycles. The quantitative estimate of drug-likeness (QED) is 0.802. The highest BCUT2D eigenvalue weighted by molar-refractivity contribution is 5.96. The van der Waals surface area contributed by atoms with Crippen LogP contribution in [-0.4, -0.2) is 35.3 Å². The highest BCUT2D eigenvalue weighted by Crippen LogP contribution is 2.16. The number of rotatable bonds is 6. The molecule has 0 atom stereocenters. The number of nitrogens with one attached hydrogen (secondary N) is 1. The standard InChI is InChI=1S/C13H20N2O3/c1-4-13(17,5-2)9-15-11(16)10-7-6-8-14-12(10)18-3/h6-8,17H,4-5,9H2,1-3H3,(H,15,16). The number of hydrogen-bond donors (Lipinski definition) is 2. The van der Waals surface area contributed by atoms with Crippen LogP contribution in [0.3, 0.4) is 0 Å². The summed E-state index contributed by atoms with van der Waals surface area (Å²) >= 11 is 0. The van der Waals surface area contributed by atoms with E-state index in [-0.39, 0.29) is 18.3 Å². The van der Waals surface area contributed by atoms with Gasteiger partial charge in [-0.1, -0.05) is 13.8 Å². The van der Waals surface area contributed by atoms with Crippen LogP contribution in [0.1, 0.15) is 37.0 Å². The lowest BCUT2D eigenvalue weighted by Crippen LogP contribution is -2.42. The molecule has 0 aromatic carbocycles. The molecule has 1 heterocycles. The first-order chi connectivity index (χ1) is 8.56.